The molecule has 7 nitrogen and oxygen atoms in total. The molecule has 1 atom stereocenters. The van der Waals surface area contributed by atoms with E-state index >= 15 is 0 Å². The Kier molecular flexibility index (Phi) is 8.86. The SMILES string of the molecule is CCOC(=O)C(OC)N(c1cc(C(F)(F)F)cc(C(F)(F)F)c1Cl)c1nc(C(F)(F)F)c(Br)c(=O)n1C. The molecule has 0 N–H and O–H groups in total. The molecular weight excluding hydrogens is 621 g/mol. The van der Waals surface area contributed by atoms with E-state index in [2.05, 4.69) is 20.9 Å². The molecule has 1 heterocycles. The first-order chi connectivity index (χ1) is 16.8. The van der Waals surface area contributed by atoms with Crippen molar-refractivity contribution in [2.45, 2.75) is 31.7 Å². The Hall–Kier alpha value is -2.53. The van der Waals surface area contributed by atoms with Crippen LogP contribution in [0.25, 0.3) is 0 Å². The summed E-state index contributed by atoms with van der Waals surface area (Å²) in [6.45, 7) is 0.903. The Morgan fingerprint density at radius 2 is 1.68 bits per heavy atom. The van der Waals surface area contributed by atoms with Gasteiger partial charge in [-0.3, -0.25) is 14.3 Å². The van der Waals surface area contributed by atoms with Crippen LogP contribution in [-0.2, 0) is 39.8 Å². The minimum absolute atomic E-state index is 0.0320. The van der Waals surface area contributed by atoms with Crippen LogP contribution in [0.3, 0.4) is 0 Å². The van der Waals surface area contributed by atoms with Gasteiger partial charge in [0.1, 0.15) is 4.47 Å². The van der Waals surface area contributed by atoms with Gasteiger partial charge in [0.05, 0.1) is 28.4 Å². The van der Waals surface area contributed by atoms with Gasteiger partial charge in [0.15, 0.2) is 5.69 Å². The van der Waals surface area contributed by atoms with Gasteiger partial charge in [0.25, 0.3) is 5.56 Å². The average molecular weight is 635 g/mol. The molecule has 1 aromatic heterocycles. The molecule has 37 heavy (non-hydrogen) atoms. The molecule has 0 saturated heterocycles. The molecule has 2 rings (SSSR count). The van der Waals surface area contributed by atoms with Gasteiger partial charge >= 0.3 is 24.5 Å². The lowest BCUT2D eigenvalue weighted by molar-refractivity contribution is -0.154. The largest absolute Gasteiger partial charge is 0.463 e. The van der Waals surface area contributed by atoms with Gasteiger partial charge in [0.2, 0.25) is 12.2 Å². The smallest absolute Gasteiger partial charge is 0.434 e. The number of carbonyl (C=O) groups is 1. The Morgan fingerprint density at radius 1 is 1.11 bits per heavy atom. The lowest BCUT2D eigenvalue weighted by Crippen LogP contribution is -2.44. The first-order valence-electron chi connectivity index (χ1n) is 9.57. The fourth-order valence-electron chi connectivity index (χ4n) is 2.98. The van der Waals surface area contributed by atoms with Crippen LogP contribution in [0, 0.1) is 0 Å². The summed E-state index contributed by atoms with van der Waals surface area (Å²) in [6, 6.07) is -0.296. The van der Waals surface area contributed by atoms with Crippen LogP contribution < -0.4 is 10.5 Å². The second-order valence-corrected chi connectivity index (χ2v) is 8.17. The number of esters is 1. The summed E-state index contributed by atoms with van der Waals surface area (Å²) in [5.41, 5.74) is -8.63. The van der Waals surface area contributed by atoms with E-state index < -0.39 is 74.2 Å². The molecule has 18 heteroatoms. The number of rotatable bonds is 6. The highest BCUT2D eigenvalue weighted by atomic mass is 79.9. The molecule has 0 aliphatic rings. The minimum Gasteiger partial charge on any atom is -0.463 e. The van der Waals surface area contributed by atoms with Crippen molar-refractivity contribution in [2.24, 2.45) is 7.05 Å². The van der Waals surface area contributed by atoms with Crippen LogP contribution in [0.5, 0.6) is 0 Å². The second-order valence-electron chi connectivity index (χ2n) is 7.00. The summed E-state index contributed by atoms with van der Waals surface area (Å²) in [5.74, 6) is -2.70. The molecule has 1 unspecified atom stereocenters. The number of alkyl halides is 9. The normalized spacial score (nSPS) is 13.5. The van der Waals surface area contributed by atoms with Gasteiger partial charge in [-0.25, -0.2) is 9.78 Å². The molecule has 0 fully saturated rings. The van der Waals surface area contributed by atoms with Crippen LogP contribution in [0.1, 0.15) is 23.7 Å². The number of anilines is 2. The monoisotopic (exact) mass is 633 g/mol. The highest BCUT2D eigenvalue weighted by molar-refractivity contribution is 9.10. The van der Waals surface area contributed by atoms with E-state index in [-0.39, 0.29) is 23.6 Å². The van der Waals surface area contributed by atoms with Crippen molar-refractivity contribution in [3.05, 3.63) is 48.8 Å². The van der Waals surface area contributed by atoms with E-state index in [1.165, 1.54) is 6.92 Å². The van der Waals surface area contributed by atoms with E-state index in [1.807, 2.05) is 0 Å². The Balaban J connectivity index is 3.14. The third-order valence-electron chi connectivity index (χ3n) is 4.59. The Labute approximate surface area is 214 Å². The predicted octanol–water partition coefficient (Wildman–Crippen LogP) is 5.93. The number of methoxy groups -OCH3 is 1. The maximum Gasteiger partial charge on any atom is 0.434 e. The summed E-state index contributed by atoms with van der Waals surface area (Å²) in [6.07, 6.45) is -18.6. The third-order valence-corrected chi connectivity index (χ3v) is 5.70. The predicted molar refractivity (Wildman–Crippen MR) is 113 cm³/mol. The number of ether oxygens (including phenoxy) is 2. The minimum atomic E-state index is -5.48. The maximum absolute atomic E-state index is 13.6. The van der Waals surface area contributed by atoms with E-state index in [0.717, 1.165) is 14.2 Å². The van der Waals surface area contributed by atoms with Crippen molar-refractivity contribution < 1.29 is 53.8 Å². The second kappa shape index (κ2) is 10.7. The molecular formula is C19H14BrClF9N3O4. The van der Waals surface area contributed by atoms with Gasteiger partial charge in [-0.15, -0.1) is 0 Å². The quantitative estimate of drug-likeness (QED) is 0.223. The third kappa shape index (κ3) is 6.31. The zero-order chi connectivity index (χ0) is 28.7. The van der Waals surface area contributed by atoms with Gasteiger partial charge in [-0.05, 0) is 35.0 Å². The lowest BCUT2D eigenvalue weighted by atomic mass is 10.1. The Bertz CT molecular complexity index is 1250. The summed E-state index contributed by atoms with van der Waals surface area (Å²) >= 11 is 8.24. The van der Waals surface area contributed by atoms with E-state index in [4.69, 9.17) is 21.1 Å². The van der Waals surface area contributed by atoms with Crippen LogP contribution >= 0.6 is 27.5 Å². The molecule has 0 bridgehead atoms. The van der Waals surface area contributed by atoms with Gasteiger partial charge in [-0.2, -0.15) is 39.5 Å². The number of aromatic nitrogens is 2. The number of hydrogen-bond donors (Lipinski definition) is 0. The number of benzene rings is 1. The molecule has 206 valence electrons. The first kappa shape index (κ1) is 30.7. The fourth-order valence-corrected chi connectivity index (χ4v) is 3.87. The molecule has 0 aliphatic heterocycles. The average Bonchev–Trinajstić information content (AvgIpc) is 2.74. The van der Waals surface area contributed by atoms with E-state index in [0.29, 0.717) is 4.57 Å². The van der Waals surface area contributed by atoms with E-state index in [9.17, 15) is 49.1 Å². The number of halogens is 11. The fraction of sp³-hybridized carbons (Fsp3) is 0.421. The summed E-state index contributed by atoms with van der Waals surface area (Å²) in [5, 5.41) is -1.46. The molecule has 0 aliphatic carbocycles. The van der Waals surface area contributed by atoms with Crippen molar-refractivity contribution in [2.75, 3.05) is 18.6 Å². The zero-order valence-corrected chi connectivity index (χ0v) is 20.9. The molecule has 0 spiro atoms. The molecule has 0 amide bonds. The summed E-state index contributed by atoms with van der Waals surface area (Å²) < 4.78 is 131. The number of carbonyl (C=O) groups excluding carboxylic acids is 1. The maximum atomic E-state index is 13.6. The van der Waals surface area contributed by atoms with Crippen molar-refractivity contribution in [1.82, 2.24) is 9.55 Å². The zero-order valence-electron chi connectivity index (χ0n) is 18.6. The molecule has 0 saturated carbocycles. The topological polar surface area (TPSA) is 73.7 Å². The van der Waals surface area contributed by atoms with Crippen molar-refractivity contribution in [3.63, 3.8) is 0 Å². The lowest BCUT2D eigenvalue weighted by Gasteiger charge is -2.33. The highest BCUT2D eigenvalue weighted by Crippen LogP contribution is 2.46. The van der Waals surface area contributed by atoms with Crippen LogP contribution in [0.15, 0.2) is 21.4 Å². The van der Waals surface area contributed by atoms with Gasteiger partial charge in [0, 0.05) is 14.2 Å². The van der Waals surface area contributed by atoms with Crippen molar-refractivity contribution in [1.29, 1.82) is 0 Å². The van der Waals surface area contributed by atoms with E-state index in [1.54, 1.807) is 0 Å². The van der Waals surface area contributed by atoms with Gasteiger partial charge < -0.3 is 9.47 Å². The van der Waals surface area contributed by atoms with Crippen LogP contribution in [0.2, 0.25) is 5.02 Å². The van der Waals surface area contributed by atoms with Gasteiger partial charge in [-0.1, -0.05) is 11.6 Å². The molecule has 2 aromatic rings. The molecule has 1 aromatic carbocycles. The Morgan fingerprint density at radius 3 is 2.11 bits per heavy atom. The first-order valence-corrected chi connectivity index (χ1v) is 10.7. The molecule has 0 radical (unpaired) electrons. The van der Waals surface area contributed by atoms with Crippen LogP contribution in [0.4, 0.5) is 51.1 Å². The standard InChI is InChI=1S/C19H14BrClF9N3O4/c1-4-37-15(35)14(36-3)33(16-31-12(19(28,29)30)10(20)13(34)32(16)2)9-6-7(17(22,23)24)5-8(11(9)21)18(25,26)27/h5-6,14H,4H2,1-3H3. The summed E-state index contributed by atoms with van der Waals surface area (Å²) in [7, 11) is 1.55. The van der Waals surface area contributed by atoms with Crippen molar-refractivity contribution in [3.8, 4) is 0 Å². The number of hydrogen-bond acceptors (Lipinski definition) is 6. The number of nitrogens with zero attached hydrogens (tertiary/aromatic N) is 3. The summed E-state index contributed by atoms with van der Waals surface area (Å²) in [4.78, 5) is 28.4. The van der Waals surface area contributed by atoms with Crippen LogP contribution in [-0.4, -0.2) is 35.5 Å². The highest BCUT2D eigenvalue weighted by Gasteiger charge is 2.44. The van der Waals surface area contributed by atoms with Crippen molar-refractivity contribution >= 4 is 45.1 Å².